The van der Waals surface area contributed by atoms with Gasteiger partial charge in [0.05, 0.1) is 24.9 Å². The maximum absolute atomic E-state index is 12.2. The second-order valence-electron chi connectivity index (χ2n) is 15.9. The monoisotopic (exact) mass is 791 g/mol. The van der Waals surface area contributed by atoms with Crippen molar-refractivity contribution < 1.29 is 39.5 Å². The van der Waals surface area contributed by atoms with E-state index >= 15 is 0 Å². The van der Waals surface area contributed by atoms with E-state index < -0.39 is 43.0 Å². The Morgan fingerprint density at radius 3 is 1.52 bits per heavy atom. The largest absolute Gasteiger partial charge is 0.462 e. The maximum Gasteiger partial charge on any atom is 0.306 e. The van der Waals surface area contributed by atoms with Gasteiger partial charge in [-0.25, -0.2) is 0 Å². The normalized spacial score (nSPS) is 14.9. The highest BCUT2D eigenvalue weighted by Gasteiger charge is 2.17. The summed E-state index contributed by atoms with van der Waals surface area (Å²) in [6.07, 6.45) is 41.2. The minimum Gasteiger partial charge on any atom is -0.462 e. The van der Waals surface area contributed by atoms with Crippen LogP contribution >= 0.6 is 0 Å². The number of aliphatic hydroxyl groups is 4. The van der Waals surface area contributed by atoms with E-state index in [1.54, 1.807) is 36.5 Å². The average molecular weight is 791 g/mol. The van der Waals surface area contributed by atoms with E-state index in [9.17, 15) is 30.0 Å². The zero-order valence-electron chi connectivity index (χ0n) is 36.1. The van der Waals surface area contributed by atoms with Crippen LogP contribution in [0.15, 0.2) is 48.6 Å². The standard InChI is InChI=1S/C48H86O8/c1-4-6-27-34-43(50)35-29-24-21-22-25-30-36-45(51)46(52)37-32-39-47(53)55-41-44(40-49)56-48(54)38-31-26-20-18-16-14-12-10-8-7-9-11-13-15-17-19-23-28-33-42(3)5-2/h21-22,24-25,29-30,35-36,42-46,49-52H,4-20,23,26-28,31-34,37-41H2,1-3H3/b24-21-,25-22+,35-29+,36-30+/t42?,43-,44+,45-,46-/m1/s1. The van der Waals surface area contributed by atoms with Gasteiger partial charge in [-0.05, 0) is 31.6 Å². The number of hydrogen-bond acceptors (Lipinski definition) is 8. The molecule has 0 spiro atoms. The maximum atomic E-state index is 12.2. The second-order valence-corrected chi connectivity index (χ2v) is 15.9. The molecule has 8 heteroatoms. The Labute approximate surface area is 343 Å². The molecule has 0 aromatic heterocycles. The number of allylic oxidation sites excluding steroid dienone is 6. The Hall–Kier alpha value is -2.26. The van der Waals surface area contributed by atoms with Crippen LogP contribution in [0.5, 0.6) is 0 Å². The number of hydrogen-bond donors (Lipinski definition) is 4. The van der Waals surface area contributed by atoms with E-state index in [0.717, 1.165) is 50.9 Å². The Bertz CT molecular complexity index is 1010. The highest BCUT2D eigenvalue weighted by atomic mass is 16.6. The van der Waals surface area contributed by atoms with Gasteiger partial charge in [-0.15, -0.1) is 0 Å². The van der Waals surface area contributed by atoms with Gasteiger partial charge in [-0.3, -0.25) is 9.59 Å². The van der Waals surface area contributed by atoms with Crippen LogP contribution in [0.25, 0.3) is 0 Å². The third-order valence-electron chi connectivity index (χ3n) is 10.5. The fourth-order valence-electron chi connectivity index (χ4n) is 6.50. The highest BCUT2D eigenvalue weighted by molar-refractivity contribution is 5.70. The predicted molar refractivity (Wildman–Crippen MR) is 232 cm³/mol. The van der Waals surface area contributed by atoms with Crippen molar-refractivity contribution in [1.82, 2.24) is 0 Å². The first-order valence-corrected chi connectivity index (χ1v) is 22.9. The van der Waals surface area contributed by atoms with Crippen LogP contribution in [0.1, 0.15) is 201 Å². The number of carbonyl (C=O) groups is 2. The molecule has 4 N–H and O–H groups in total. The summed E-state index contributed by atoms with van der Waals surface area (Å²) < 4.78 is 10.5. The third kappa shape index (κ3) is 37.3. The van der Waals surface area contributed by atoms with Gasteiger partial charge in [-0.1, -0.05) is 211 Å². The summed E-state index contributed by atoms with van der Waals surface area (Å²) in [5, 5.41) is 39.8. The lowest BCUT2D eigenvalue weighted by atomic mass is 9.99. The van der Waals surface area contributed by atoms with Gasteiger partial charge in [0.15, 0.2) is 6.10 Å². The summed E-state index contributed by atoms with van der Waals surface area (Å²) in [6.45, 7) is 6.15. The van der Waals surface area contributed by atoms with Gasteiger partial charge in [0.2, 0.25) is 0 Å². The van der Waals surface area contributed by atoms with Gasteiger partial charge in [-0.2, -0.15) is 0 Å². The van der Waals surface area contributed by atoms with Gasteiger partial charge < -0.3 is 29.9 Å². The highest BCUT2D eigenvalue weighted by Crippen LogP contribution is 2.17. The molecule has 0 bridgehead atoms. The minimum absolute atomic E-state index is 0.0319. The molecule has 0 aromatic rings. The molecule has 56 heavy (non-hydrogen) atoms. The number of unbranched alkanes of at least 4 members (excludes halogenated alkanes) is 19. The molecule has 0 aliphatic rings. The molecule has 0 fully saturated rings. The van der Waals surface area contributed by atoms with Crippen LogP contribution in [0, 0.1) is 5.92 Å². The number of rotatable bonds is 40. The zero-order valence-corrected chi connectivity index (χ0v) is 36.1. The molecular formula is C48H86O8. The lowest BCUT2D eigenvalue weighted by Crippen LogP contribution is -2.28. The molecule has 0 saturated carbocycles. The van der Waals surface area contributed by atoms with Crippen molar-refractivity contribution in [3.05, 3.63) is 48.6 Å². The Morgan fingerprint density at radius 2 is 1.00 bits per heavy atom. The summed E-state index contributed by atoms with van der Waals surface area (Å²) in [5.74, 6) is -0.0146. The average Bonchev–Trinajstić information content (AvgIpc) is 3.19. The third-order valence-corrected chi connectivity index (χ3v) is 10.5. The van der Waals surface area contributed by atoms with Crippen molar-refractivity contribution in [1.29, 1.82) is 0 Å². The number of aliphatic hydroxyl groups excluding tert-OH is 4. The summed E-state index contributed by atoms with van der Waals surface area (Å²) in [4.78, 5) is 24.4. The molecule has 5 atom stereocenters. The molecule has 0 amide bonds. The van der Waals surface area contributed by atoms with Crippen LogP contribution in [-0.2, 0) is 19.1 Å². The number of esters is 2. The topological polar surface area (TPSA) is 134 Å². The van der Waals surface area contributed by atoms with Gasteiger partial charge in [0.1, 0.15) is 6.61 Å². The summed E-state index contributed by atoms with van der Waals surface area (Å²) in [6, 6.07) is 0. The molecule has 0 saturated heterocycles. The fraction of sp³-hybridized carbons (Fsp3) is 0.792. The van der Waals surface area contributed by atoms with Crippen molar-refractivity contribution in [2.45, 2.75) is 225 Å². The minimum atomic E-state index is -1.08. The van der Waals surface area contributed by atoms with Crippen molar-refractivity contribution >= 4 is 11.9 Å². The number of carbonyl (C=O) groups excluding carboxylic acids is 2. The van der Waals surface area contributed by atoms with Crippen LogP contribution < -0.4 is 0 Å². The Balaban J connectivity index is 3.78. The van der Waals surface area contributed by atoms with Gasteiger partial charge >= 0.3 is 11.9 Å². The molecule has 0 aliphatic heterocycles. The van der Waals surface area contributed by atoms with Crippen LogP contribution in [-0.4, -0.2) is 70.0 Å². The molecule has 1 unspecified atom stereocenters. The molecule has 0 rings (SSSR count). The second kappa shape index (κ2) is 40.9. The van der Waals surface area contributed by atoms with Gasteiger partial charge in [0.25, 0.3) is 0 Å². The Kier molecular flexibility index (Phi) is 39.3. The lowest BCUT2D eigenvalue weighted by Gasteiger charge is -2.16. The lowest BCUT2D eigenvalue weighted by molar-refractivity contribution is -0.161. The summed E-state index contributed by atoms with van der Waals surface area (Å²) in [5.41, 5.74) is 0. The summed E-state index contributed by atoms with van der Waals surface area (Å²) in [7, 11) is 0. The van der Waals surface area contributed by atoms with Gasteiger partial charge in [0, 0.05) is 12.8 Å². The molecular weight excluding hydrogens is 705 g/mol. The SMILES string of the molecule is CCCCC[C@@H](O)/C=C/C=C\C=C\C=C\[C@@H](O)[C@H](O)CCCC(=O)OC[C@H](CO)OC(=O)CCCCCCCCCCCCCCCCCCCCC(C)CC. The molecule has 0 radical (unpaired) electrons. The first-order valence-electron chi connectivity index (χ1n) is 22.9. The fourth-order valence-corrected chi connectivity index (χ4v) is 6.50. The molecule has 0 aromatic carbocycles. The van der Waals surface area contributed by atoms with E-state index in [1.165, 1.54) is 115 Å². The first kappa shape index (κ1) is 53.7. The Morgan fingerprint density at radius 1 is 0.536 bits per heavy atom. The van der Waals surface area contributed by atoms with E-state index in [2.05, 4.69) is 20.8 Å². The first-order chi connectivity index (χ1) is 27.2. The van der Waals surface area contributed by atoms with E-state index in [4.69, 9.17) is 9.47 Å². The van der Waals surface area contributed by atoms with Crippen LogP contribution in [0.2, 0.25) is 0 Å². The van der Waals surface area contributed by atoms with E-state index in [0.29, 0.717) is 6.42 Å². The van der Waals surface area contributed by atoms with Crippen LogP contribution in [0.4, 0.5) is 0 Å². The number of ether oxygens (including phenoxy) is 2. The zero-order chi connectivity index (χ0) is 41.3. The molecule has 0 heterocycles. The van der Waals surface area contributed by atoms with Crippen molar-refractivity contribution in [2.24, 2.45) is 5.92 Å². The molecule has 326 valence electrons. The van der Waals surface area contributed by atoms with E-state index in [-0.39, 0.29) is 25.9 Å². The quantitative estimate of drug-likeness (QED) is 0.0274. The summed E-state index contributed by atoms with van der Waals surface area (Å²) >= 11 is 0. The van der Waals surface area contributed by atoms with Crippen molar-refractivity contribution in [3.63, 3.8) is 0 Å². The molecule has 0 aliphatic carbocycles. The van der Waals surface area contributed by atoms with Crippen molar-refractivity contribution in [2.75, 3.05) is 13.2 Å². The van der Waals surface area contributed by atoms with Crippen molar-refractivity contribution in [3.8, 4) is 0 Å². The molecule has 8 nitrogen and oxygen atoms in total. The smallest absolute Gasteiger partial charge is 0.306 e. The van der Waals surface area contributed by atoms with Crippen LogP contribution in [0.3, 0.4) is 0 Å². The predicted octanol–water partition coefficient (Wildman–Crippen LogP) is 11.3. The van der Waals surface area contributed by atoms with E-state index in [1.807, 2.05) is 6.08 Å².